The van der Waals surface area contributed by atoms with Crippen LogP contribution in [-0.4, -0.2) is 35.5 Å². The minimum absolute atomic E-state index is 0.495. The van der Waals surface area contributed by atoms with Crippen molar-refractivity contribution in [3.05, 3.63) is 41.5 Å². The normalized spacial score (nSPS) is 16.4. The molecule has 0 unspecified atom stereocenters. The first-order valence-corrected chi connectivity index (χ1v) is 9.36. The van der Waals surface area contributed by atoms with E-state index in [0.29, 0.717) is 13.2 Å². The molecule has 1 aromatic carbocycles. The van der Waals surface area contributed by atoms with Crippen LogP contribution >= 0.6 is 11.3 Å². The van der Waals surface area contributed by atoms with E-state index in [1.807, 2.05) is 19.9 Å². The van der Waals surface area contributed by atoms with E-state index in [0.717, 1.165) is 34.8 Å². The Labute approximate surface area is 151 Å². The van der Waals surface area contributed by atoms with Gasteiger partial charge in [0.1, 0.15) is 16.5 Å². The van der Waals surface area contributed by atoms with Crippen LogP contribution in [0, 0.1) is 6.92 Å². The molecular formula is C19H21N3O2S. The van der Waals surface area contributed by atoms with Crippen LogP contribution in [-0.2, 0) is 9.47 Å². The van der Waals surface area contributed by atoms with Crippen LogP contribution in [0.2, 0.25) is 0 Å². The number of thiophene rings is 1. The number of anilines is 1. The summed E-state index contributed by atoms with van der Waals surface area (Å²) < 4.78 is 11.3. The van der Waals surface area contributed by atoms with Gasteiger partial charge in [0.05, 0.1) is 18.6 Å². The van der Waals surface area contributed by atoms with Crippen LogP contribution in [0.4, 0.5) is 5.82 Å². The zero-order valence-electron chi connectivity index (χ0n) is 14.4. The van der Waals surface area contributed by atoms with Gasteiger partial charge in [-0.2, -0.15) is 0 Å². The fourth-order valence-electron chi connectivity index (χ4n) is 3.12. The highest BCUT2D eigenvalue weighted by Crippen LogP contribution is 2.37. The van der Waals surface area contributed by atoms with Crippen molar-refractivity contribution in [1.29, 1.82) is 0 Å². The Morgan fingerprint density at radius 1 is 1.16 bits per heavy atom. The standard InChI is InChI=1S/C19H21N3O2S/c1-13-21-17(20-9-8-19(2)23-10-11-24-19)16-15(12-25-18(16)22-13)14-6-4-3-5-7-14/h3-7,12H,8-11H2,1-2H3,(H,20,21,22). The highest BCUT2D eigenvalue weighted by molar-refractivity contribution is 7.17. The molecule has 2 aromatic heterocycles. The van der Waals surface area contributed by atoms with E-state index < -0.39 is 5.79 Å². The summed E-state index contributed by atoms with van der Waals surface area (Å²) in [7, 11) is 0. The van der Waals surface area contributed by atoms with Crippen molar-refractivity contribution < 1.29 is 9.47 Å². The van der Waals surface area contributed by atoms with Crippen molar-refractivity contribution >= 4 is 27.4 Å². The Balaban J connectivity index is 1.64. The quantitative estimate of drug-likeness (QED) is 0.742. The van der Waals surface area contributed by atoms with Crippen molar-refractivity contribution in [2.45, 2.75) is 26.1 Å². The van der Waals surface area contributed by atoms with E-state index in [9.17, 15) is 0 Å². The van der Waals surface area contributed by atoms with Crippen LogP contribution in [0.5, 0.6) is 0 Å². The summed E-state index contributed by atoms with van der Waals surface area (Å²) in [5.41, 5.74) is 2.35. The lowest BCUT2D eigenvalue weighted by Crippen LogP contribution is -2.28. The van der Waals surface area contributed by atoms with Gasteiger partial charge in [0, 0.05) is 23.9 Å². The molecule has 1 aliphatic rings. The molecule has 1 fully saturated rings. The number of hydrogen-bond acceptors (Lipinski definition) is 6. The molecule has 6 heteroatoms. The lowest BCUT2D eigenvalue weighted by Gasteiger charge is -2.22. The van der Waals surface area contributed by atoms with Gasteiger partial charge < -0.3 is 14.8 Å². The van der Waals surface area contributed by atoms with Gasteiger partial charge in [0.15, 0.2) is 5.79 Å². The predicted molar refractivity (Wildman–Crippen MR) is 101 cm³/mol. The lowest BCUT2D eigenvalue weighted by atomic mass is 10.1. The Kier molecular flexibility index (Phi) is 4.41. The molecule has 3 heterocycles. The second-order valence-electron chi connectivity index (χ2n) is 6.32. The number of nitrogens with one attached hydrogen (secondary N) is 1. The summed E-state index contributed by atoms with van der Waals surface area (Å²) in [5, 5.41) is 6.71. The highest BCUT2D eigenvalue weighted by Gasteiger charge is 2.30. The predicted octanol–water partition coefficient (Wildman–Crippen LogP) is 4.23. The first-order valence-electron chi connectivity index (χ1n) is 8.48. The third kappa shape index (κ3) is 3.38. The van der Waals surface area contributed by atoms with Crippen molar-refractivity contribution in [3.63, 3.8) is 0 Å². The number of nitrogens with zero attached hydrogens (tertiary/aromatic N) is 2. The van der Waals surface area contributed by atoms with Gasteiger partial charge >= 0.3 is 0 Å². The van der Waals surface area contributed by atoms with E-state index in [4.69, 9.17) is 9.47 Å². The van der Waals surface area contributed by atoms with Crippen molar-refractivity contribution in [2.75, 3.05) is 25.1 Å². The van der Waals surface area contributed by atoms with Crippen LogP contribution in [0.25, 0.3) is 21.3 Å². The molecule has 0 aliphatic carbocycles. The number of aromatic nitrogens is 2. The molecular weight excluding hydrogens is 334 g/mol. The molecule has 1 N–H and O–H groups in total. The summed E-state index contributed by atoms with van der Waals surface area (Å²) >= 11 is 1.65. The Morgan fingerprint density at radius 2 is 1.92 bits per heavy atom. The summed E-state index contributed by atoms with van der Waals surface area (Å²) in [4.78, 5) is 10.3. The Bertz CT molecular complexity index is 873. The fraction of sp³-hybridized carbons (Fsp3) is 0.368. The Hall–Kier alpha value is -2.02. The molecule has 0 atom stereocenters. The summed E-state index contributed by atoms with van der Waals surface area (Å²) in [5.74, 6) is 1.16. The number of rotatable bonds is 5. The van der Waals surface area contributed by atoms with Crippen molar-refractivity contribution in [1.82, 2.24) is 9.97 Å². The van der Waals surface area contributed by atoms with Gasteiger partial charge in [-0.05, 0) is 19.4 Å². The minimum atomic E-state index is -0.495. The van der Waals surface area contributed by atoms with Gasteiger partial charge in [-0.1, -0.05) is 30.3 Å². The molecule has 3 aromatic rings. The molecule has 1 aliphatic heterocycles. The van der Waals surface area contributed by atoms with E-state index in [1.54, 1.807) is 11.3 Å². The number of hydrogen-bond donors (Lipinski definition) is 1. The second-order valence-corrected chi connectivity index (χ2v) is 7.18. The molecule has 0 bridgehead atoms. The molecule has 0 radical (unpaired) electrons. The van der Waals surface area contributed by atoms with E-state index >= 15 is 0 Å². The Morgan fingerprint density at radius 3 is 2.68 bits per heavy atom. The number of aryl methyl sites for hydroxylation is 1. The fourth-order valence-corrected chi connectivity index (χ4v) is 4.11. The maximum Gasteiger partial charge on any atom is 0.167 e. The minimum Gasteiger partial charge on any atom is -0.369 e. The van der Waals surface area contributed by atoms with Gasteiger partial charge in [-0.15, -0.1) is 11.3 Å². The van der Waals surface area contributed by atoms with Gasteiger partial charge in [-0.3, -0.25) is 0 Å². The van der Waals surface area contributed by atoms with E-state index in [1.165, 1.54) is 11.1 Å². The summed E-state index contributed by atoms with van der Waals surface area (Å²) in [6, 6.07) is 10.4. The molecule has 4 rings (SSSR count). The average Bonchev–Trinajstić information content (AvgIpc) is 3.22. The van der Waals surface area contributed by atoms with E-state index in [-0.39, 0.29) is 0 Å². The van der Waals surface area contributed by atoms with Crippen LogP contribution < -0.4 is 5.32 Å². The van der Waals surface area contributed by atoms with Crippen molar-refractivity contribution in [3.8, 4) is 11.1 Å². The van der Waals surface area contributed by atoms with Crippen LogP contribution in [0.1, 0.15) is 19.2 Å². The van der Waals surface area contributed by atoms with Crippen molar-refractivity contribution in [2.24, 2.45) is 0 Å². The molecule has 0 saturated carbocycles. The topological polar surface area (TPSA) is 56.3 Å². The third-order valence-corrected chi connectivity index (χ3v) is 5.27. The first kappa shape index (κ1) is 16.4. The average molecular weight is 355 g/mol. The zero-order valence-corrected chi connectivity index (χ0v) is 15.2. The van der Waals surface area contributed by atoms with E-state index in [2.05, 4.69) is 44.9 Å². The first-order chi connectivity index (χ1) is 12.1. The third-order valence-electron chi connectivity index (χ3n) is 4.40. The largest absolute Gasteiger partial charge is 0.369 e. The zero-order chi connectivity index (χ0) is 17.3. The van der Waals surface area contributed by atoms with Gasteiger partial charge in [0.2, 0.25) is 0 Å². The molecule has 0 amide bonds. The maximum absolute atomic E-state index is 5.67. The molecule has 130 valence electrons. The number of fused-ring (bicyclic) bond motifs is 1. The second kappa shape index (κ2) is 6.71. The van der Waals surface area contributed by atoms with Crippen LogP contribution in [0.15, 0.2) is 35.7 Å². The summed E-state index contributed by atoms with van der Waals surface area (Å²) in [6.07, 6.45) is 0.766. The van der Waals surface area contributed by atoms with Gasteiger partial charge in [0.25, 0.3) is 0 Å². The van der Waals surface area contributed by atoms with Gasteiger partial charge in [-0.25, -0.2) is 9.97 Å². The maximum atomic E-state index is 5.67. The molecule has 5 nitrogen and oxygen atoms in total. The molecule has 0 spiro atoms. The highest BCUT2D eigenvalue weighted by atomic mass is 32.1. The SMILES string of the molecule is Cc1nc(NCCC2(C)OCCO2)c2c(-c3ccccc3)csc2n1. The lowest BCUT2D eigenvalue weighted by molar-refractivity contribution is -0.144. The smallest absolute Gasteiger partial charge is 0.167 e. The monoisotopic (exact) mass is 355 g/mol. The van der Waals surface area contributed by atoms with Crippen LogP contribution in [0.3, 0.4) is 0 Å². The summed E-state index contributed by atoms with van der Waals surface area (Å²) in [6.45, 7) is 5.97. The molecule has 25 heavy (non-hydrogen) atoms. The number of benzene rings is 1. The number of ether oxygens (including phenoxy) is 2. The molecule has 1 saturated heterocycles.